The molecule has 3 aromatic rings. The Morgan fingerprint density at radius 3 is 2.85 bits per heavy atom. The Hall–Kier alpha value is -2.73. The number of nitrogens with one attached hydrogen (secondary N) is 1. The number of hydrogen-bond donors (Lipinski definition) is 1. The lowest BCUT2D eigenvalue weighted by Gasteiger charge is -2.06. The van der Waals surface area contributed by atoms with Crippen LogP contribution in [0.1, 0.15) is 28.8 Å². The lowest BCUT2D eigenvalue weighted by molar-refractivity contribution is -0.120. The highest BCUT2D eigenvalue weighted by molar-refractivity contribution is 7.09. The zero-order valence-corrected chi connectivity index (χ0v) is 15.5. The molecule has 5 nitrogen and oxygen atoms in total. The molecule has 0 radical (unpaired) electrons. The number of aromatic nitrogens is 2. The molecule has 0 spiro atoms. The first-order valence-corrected chi connectivity index (χ1v) is 9.42. The van der Waals surface area contributed by atoms with Gasteiger partial charge in [-0.2, -0.15) is 0 Å². The van der Waals surface area contributed by atoms with E-state index in [4.69, 9.17) is 4.74 Å². The van der Waals surface area contributed by atoms with Crippen LogP contribution in [0, 0.1) is 0 Å². The fraction of sp³-hybridized carbons (Fsp3) is 0.250. The summed E-state index contributed by atoms with van der Waals surface area (Å²) in [5.41, 5.74) is 2.99. The molecule has 0 unspecified atom stereocenters. The van der Waals surface area contributed by atoms with Crippen LogP contribution in [0.25, 0.3) is 0 Å². The van der Waals surface area contributed by atoms with E-state index >= 15 is 0 Å². The van der Waals surface area contributed by atoms with E-state index in [2.05, 4.69) is 27.4 Å². The van der Waals surface area contributed by atoms with E-state index in [1.807, 2.05) is 42.6 Å². The Labute approximate surface area is 157 Å². The van der Waals surface area contributed by atoms with E-state index in [1.165, 1.54) is 5.56 Å². The topological polar surface area (TPSA) is 64.1 Å². The maximum absolute atomic E-state index is 12.2. The first-order valence-electron chi connectivity index (χ1n) is 8.54. The van der Waals surface area contributed by atoms with Crippen LogP contribution in [0.3, 0.4) is 0 Å². The standard InChI is InChI=1S/C20H21N3O2S/c1-2-25-19-10-16(8-9-21-19)13-22-18(24)12-17-14-26-20(23-17)11-15-6-4-3-5-7-15/h3-10,14H,2,11-13H2,1H3,(H,22,24). The number of thiazole rings is 1. The third kappa shape index (κ3) is 5.39. The van der Waals surface area contributed by atoms with Gasteiger partial charge >= 0.3 is 0 Å². The molecule has 2 heterocycles. The van der Waals surface area contributed by atoms with Gasteiger partial charge in [0.2, 0.25) is 11.8 Å². The smallest absolute Gasteiger partial charge is 0.226 e. The van der Waals surface area contributed by atoms with E-state index in [9.17, 15) is 4.79 Å². The van der Waals surface area contributed by atoms with E-state index in [0.29, 0.717) is 19.0 Å². The van der Waals surface area contributed by atoms with Gasteiger partial charge in [0, 0.05) is 30.6 Å². The van der Waals surface area contributed by atoms with Crippen LogP contribution in [0.2, 0.25) is 0 Å². The van der Waals surface area contributed by atoms with Crippen molar-refractivity contribution in [2.24, 2.45) is 0 Å². The molecule has 0 aliphatic heterocycles. The Morgan fingerprint density at radius 1 is 1.19 bits per heavy atom. The summed E-state index contributed by atoms with van der Waals surface area (Å²) in [6, 6.07) is 13.9. The largest absolute Gasteiger partial charge is 0.478 e. The van der Waals surface area contributed by atoms with Crippen LogP contribution in [-0.4, -0.2) is 22.5 Å². The van der Waals surface area contributed by atoms with Crippen molar-refractivity contribution in [2.75, 3.05) is 6.61 Å². The molecule has 134 valence electrons. The second-order valence-electron chi connectivity index (χ2n) is 5.78. The highest BCUT2D eigenvalue weighted by Gasteiger charge is 2.09. The number of pyridine rings is 1. The van der Waals surface area contributed by atoms with Gasteiger partial charge in [-0.25, -0.2) is 9.97 Å². The molecular weight excluding hydrogens is 346 g/mol. The maximum atomic E-state index is 12.2. The van der Waals surface area contributed by atoms with Crippen molar-refractivity contribution < 1.29 is 9.53 Å². The number of benzene rings is 1. The van der Waals surface area contributed by atoms with Gasteiger partial charge in [-0.05, 0) is 24.1 Å². The molecule has 0 bridgehead atoms. The third-order valence-corrected chi connectivity index (χ3v) is 4.62. The highest BCUT2D eigenvalue weighted by Crippen LogP contribution is 2.15. The normalized spacial score (nSPS) is 10.5. The number of ether oxygens (including phenoxy) is 1. The average Bonchev–Trinajstić information content (AvgIpc) is 3.08. The first kappa shape index (κ1) is 18.1. The monoisotopic (exact) mass is 367 g/mol. The predicted octanol–water partition coefficient (Wildman–Crippen LogP) is 3.39. The van der Waals surface area contributed by atoms with Gasteiger partial charge in [-0.1, -0.05) is 30.3 Å². The Kier molecular flexibility index (Phi) is 6.33. The van der Waals surface area contributed by atoms with Gasteiger partial charge in [0.25, 0.3) is 0 Å². The van der Waals surface area contributed by atoms with Crippen molar-refractivity contribution in [1.29, 1.82) is 0 Å². The molecule has 0 saturated carbocycles. The summed E-state index contributed by atoms with van der Waals surface area (Å²) in [7, 11) is 0. The molecule has 1 N–H and O–H groups in total. The molecule has 0 saturated heterocycles. The predicted molar refractivity (Wildman–Crippen MR) is 102 cm³/mol. The fourth-order valence-corrected chi connectivity index (χ4v) is 3.32. The Morgan fingerprint density at radius 2 is 2.04 bits per heavy atom. The fourth-order valence-electron chi connectivity index (χ4n) is 2.50. The Bertz CT molecular complexity index is 849. The Balaban J connectivity index is 1.50. The summed E-state index contributed by atoms with van der Waals surface area (Å²) in [5.74, 6) is 0.528. The van der Waals surface area contributed by atoms with Crippen LogP contribution < -0.4 is 10.1 Å². The van der Waals surface area contributed by atoms with Crippen LogP contribution in [0.4, 0.5) is 0 Å². The van der Waals surface area contributed by atoms with Crippen molar-refractivity contribution in [3.63, 3.8) is 0 Å². The minimum absolute atomic E-state index is 0.0451. The van der Waals surface area contributed by atoms with Crippen molar-refractivity contribution in [3.05, 3.63) is 75.9 Å². The summed E-state index contributed by atoms with van der Waals surface area (Å²) < 4.78 is 5.37. The molecule has 1 amide bonds. The molecule has 0 aliphatic carbocycles. The first-order chi connectivity index (χ1) is 12.7. The van der Waals surface area contributed by atoms with Crippen molar-refractivity contribution >= 4 is 17.2 Å². The van der Waals surface area contributed by atoms with E-state index in [0.717, 1.165) is 22.7 Å². The zero-order valence-electron chi connectivity index (χ0n) is 14.6. The van der Waals surface area contributed by atoms with E-state index < -0.39 is 0 Å². The molecule has 1 aromatic carbocycles. The maximum Gasteiger partial charge on any atom is 0.226 e. The van der Waals surface area contributed by atoms with Crippen LogP contribution in [0.15, 0.2) is 54.0 Å². The highest BCUT2D eigenvalue weighted by atomic mass is 32.1. The van der Waals surface area contributed by atoms with Gasteiger partial charge in [0.15, 0.2) is 0 Å². The van der Waals surface area contributed by atoms with Crippen LogP contribution in [-0.2, 0) is 24.2 Å². The summed E-state index contributed by atoms with van der Waals surface area (Å²) >= 11 is 1.59. The number of nitrogens with zero attached hydrogens (tertiary/aromatic N) is 2. The summed E-state index contributed by atoms with van der Waals surface area (Å²) in [6.45, 7) is 2.93. The molecule has 2 aromatic heterocycles. The van der Waals surface area contributed by atoms with E-state index in [-0.39, 0.29) is 12.3 Å². The quantitative estimate of drug-likeness (QED) is 0.663. The van der Waals surface area contributed by atoms with Crippen molar-refractivity contribution in [1.82, 2.24) is 15.3 Å². The SMILES string of the molecule is CCOc1cc(CNC(=O)Cc2csc(Cc3ccccc3)n2)ccn1. The molecule has 26 heavy (non-hydrogen) atoms. The minimum Gasteiger partial charge on any atom is -0.478 e. The molecule has 0 aliphatic rings. The van der Waals surface area contributed by atoms with Gasteiger partial charge in [-0.15, -0.1) is 11.3 Å². The number of carbonyl (C=O) groups excluding carboxylic acids is 1. The molecule has 0 atom stereocenters. The van der Waals surface area contributed by atoms with Gasteiger partial charge in [0.05, 0.1) is 23.7 Å². The molecule has 6 heteroatoms. The third-order valence-electron chi connectivity index (χ3n) is 3.72. The number of carbonyl (C=O) groups is 1. The van der Waals surface area contributed by atoms with E-state index in [1.54, 1.807) is 17.5 Å². The van der Waals surface area contributed by atoms with Gasteiger partial charge in [0.1, 0.15) is 0 Å². The second-order valence-corrected chi connectivity index (χ2v) is 6.73. The molecular formula is C20H21N3O2S. The minimum atomic E-state index is -0.0451. The second kappa shape index (κ2) is 9.10. The molecule has 0 fully saturated rings. The van der Waals surface area contributed by atoms with Crippen molar-refractivity contribution in [3.8, 4) is 5.88 Å². The van der Waals surface area contributed by atoms with Gasteiger partial charge < -0.3 is 10.1 Å². The lowest BCUT2D eigenvalue weighted by atomic mass is 10.2. The number of hydrogen-bond acceptors (Lipinski definition) is 5. The summed E-state index contributed by atoms with van der Waals surface area (Å²) in [6.07, 6.45) is 2.77. The molecule has 3 rings (SSSR count). The zero-order chi connectivity index (χ0) is 18.2. The van der Waals surface area contributed by atoms with Crippen LogP contribution >= 0.6 is 11.3 Å². The van der Waals surface area contributed by atoms with Gasteiger partial charge in [-0.3, -0.25) is 4.79 Å². The number of rotatable bonds is 8. The summed E-state index contributed by atoms with van der Waals surface area (Å²) in [4.78, 5) is 20.9. The van der Waals surface area contributed by atoms with Crippen LogP contribution in [0.5, 0.6) is 5.88 Å². The number of amides is 1. The average molecular weight is 367 g/mol. The summed E-state index contributed by atoms with van der Waals surface area (Å²) in [5, 5.41) is 5.90. The van der Waals surface area contributed by atoms with Crippen molar-refractivity contribution in [2.45, 2.75) is 26.3 Å². The lowest BCUT2D eigenvalue weighted by Crippen LogP contribution is -2.24.